The van der Waals surface area contributed by atoms with Crippen LogP contribution in [0.25, 0.3) is 33.2 Å². The number of nitrogen functional groups attached to an aromatic ring is 1. The minimum absolute atomic E-state index is 0.0352. The van der Waals surface area contributed by atoms with E-state index in [9.17, 15) is 15.0 Å². The molecule has 6 rings (SSSR count). The Kier molecular flexibility index (Phi) is 4.00. The van der Waals surface area contributed by atoms with E-state index in [2.05, 4.69) is 35.2 Å². The maximum Gasteiger partial charge on any atom is 0.280 e. The molecule has 0 amide bonds. The highest BCUT2D eigenvalue weighted by atomic mass is 16.5. The predicted octanol–water partition coefficient (Wildman–Crippen LogP) is 0.224. The molecule has 5 aromatic rings. The maximum atomic E-state index is 12.6. The fourth-order valence-electron chi connectivity index (χ4n) is 4.28. The molecule has 35 heavy (non-hydrogen) atoms. The van der Waals surface area contributed by atoms with Gasteiger partial charge < -0.3 is 25.3 Å². The zero-order valence-electron chi connectivity index (χ0n) is 21.3. The summed E-state index contributed by atoms with van der Waals surface area (Å²) in [6, 6.07) is 3.24. The zero-order chi connectivity index (χ0) is 26.9. The van der Waals surface area contributed by atoms with E-state index >= 15 is 0 Å². The number of H-pyrrole nitrogens is 1. The van der Waals surface area contributed by atoms with Crippen molar-refractivity contribution in [3.8, 4) is 0 Å². The molecule has 1 unspecified atom stereocenters. The molecule has 1 aliphatic heterocycles. The molecule has 0 bridgehead atoms. The molecular weight excluding hydrogens is 456 g/mol. The lowest BCUT2D eigenvalue weighted by Crippen LogP contribution is -2.24. The van der Waals surface area contributed by atoms with Gasteiger partial charge in [-0.15, -0.1) is 0 Å². The topological polar surface area (TPSA) is 195 Å². The van der Waals surface area contributed by atoms with Gasteiger partial charge in [0.15, 0.2) is 11.2 Å². The normalized spacial score (nSPS) is 22.0. The van der Waals surface area contributed by atoms with Crippen LogP contribution >= 0.6 is 0 Å². The van der Waals surface area contributed by atoms with Crippen molar-refractivity contribution in [3.05, 3.63) is 34.4 Å². The van der Waals surface area contributed by atoms with E-state index in [1.54, 1.807) is 25.3 Å². The van der Waals surface area contributed by atoms with Gasteiger partial charge in [0.1, 0.15) is 23.4 Å². The second kappa shape index (κ2) is 7.69. The minimum Gasteiger partial charge on any atom is -0.394 e. The van der Waals surface area contributed by atoms with Crippen LogP contribution in [0.2, 0.25) is 0 Å². The van der Waals surface area contributed by atoms with Crippen molar-refractivity contribution in [2.75, 3.05) is 17.7 Å². The largest absolute Gasteiger partial charge is 0.394 e. The van der Waals surface area contributed by atoms with E-state index in [4.69, 9.17) is 14.6 Å². The smallest absolute Gasteiger partial charge is 0.280 e. The second-order valence-electron chi connectivity index (χ2n) is 8.25. The van der Waals surface area contributed by atoms with E-state index in [0.29, 0.717) is 22.2 Å². The summed E-state index contributed by atoms with van der Waals surface area (Å²) in [5.74, 6) is -0.330. The van der Waals surface area contributed by atoms with E-state index in [1.165, 1.54) is 4.57 Å². The predicted molar refractivity (Wildman–Crippen MR) is 126 cm³/mol. The lowest BCUT2D eigenvalue weighted by atomic mass is 10.2. The lowest BCUT2D eigenvalue weighted by molar-refractivity contribution is -0.0425. The van der Waals surface area contributed by atoms with Gasteiger partial charge in [0.05, 0.1) is 29.4 Å². The number of aromatic nitrogens is 8. The summed E-state index contributed by atoms with van der Waals surface area (Å²) >= 11 is 0. The average molecular weight is 481 g/mol. The Morgan fingerprint density at radius 2 is 2.09 bits per heavy atom. The number of ether oxygens (including phenoxy) is 1. The molecule has 0 aliphatic carbocycles. The van der Waals surface area contributed by atoms with Crippen LogP contribution in [0.5, 0.6) is 0 Å². The van der Waals surface area contributed by atoms with Crippen molar-refractivity contribution < 1.29 is 19.1 Å². The molecule has 1 fully saturated rings. The van der Waals surface area contributed by atoms with Gasteiger partial charge in [-0.05, 0) is 19.1 Å². The Balaban J connectivity index is 1.58. The Morgan fingerprint density at radius 3 is 2.86 bits per heavy atom. The molecule has 3 atom stereocenters. The molecule has 1 aliphatic rings. The van der Waals surface area contributed by atoms with Crippen LogP contribution in [-0.4, -0.2) is 68.1 Å². The molecule has 0 saturated carbocycles. The molecule has 0 spiro atoms. The van der Waals surface area contributed by atoms with Gasteiger partial charge in [0.2, 0.25) is 17.8 Å². The molecule has 180 valence electrons. The van der Waals surface area contributed by atoms with Crippen LogP contribution in [0.1, 0.15) is 22.5 Å². The first kappa shape index (κ1) is 18.2. The van der Waals surface area contributed by atoms with Crippen LogP contribution in [0, 0.1) is 6.92 Å². The summed E-state index contributed by atoms with van der Waals surface area (Å²) in [6.45, 7) is -1.34. The summed E-state index contributed by atoms with van der Waals surface area (Å²) in [4.78, 5) is 36.9. The van der Waals surface area contributed by atoms with Crippen molar-refractivity contribution in [2.24, 2.45) is 6.98 Å². The number of nitrogens with one attached hydrogen (secondary N) is 2. The van der Waals surface area contributed by atoms with Crippen LogP contribution < -0.4 is 16.6 Å². The third-order valence-electron chi connectivity index (χ3n) is 5.92. The van der Waals surface area contributed by atoms with Crippen molar-refractivity contribution in [1.82, 2.24) is 39.0 Å². The number of aryl methyl sites for hydroxylation is 2. The standard InChI is InChI=1S/C21H22N10O4/c1-8-6-23-9-3-4-10-15(14(9)24-8)25-20(30(10)2)29-21-26-16-17(27-19(22)28-18(16)34)31(21)13-5-11(33)12(7-32)35-13/h3-4,6,11-13,32-33H,5,7H2,1-2H3,(H,25,26,29)(H3,22,27,28,34)/t11?,12-,13+/m0/s1/i2D3. The number of rotatable bonds is 4. The van der Waals surface area contributed by atoms with Gasteiger partial charge in [-0.1, -0.05) is 0 Å². The molecular formula is C21H22N10O4. The number of aromatic amines is 1. The molecule has 14 nitrogen and oxygen atoms in total. The van der Waals surface area contributed by atoms with Crippen molar-refractivity contribution in [2.45, 2.75) is 31.8 Å². The number of fused-ring (bicyclic) bond motifs is 4. The van der Waals surface area contributed by atoms with Crippen molar-refractivity contribution in [3.63, 3.8) is 0 Å². The highest BCUT2D eigenvalue weighted by Crippen LogP contribution is 2.35. The number of aliphatic hydroxyl groups is 2. The fourth-order valence-corrected chi connectivity index (χ4v) is 4.28. The Hall–Kier alpha value is -4.14. The molecule has 1 aromatic carbocycles. The van der Waals surface area contributed by atoms with Gasteiger partial charge in [0, 0.05) is 23.7 Å². The van der Waals surface area contributed by atoms with Crippen LogP contribution in [0.15, 0.2) is 23.1 Å². The summed E-state index contributed by atoms with van der Waals surface area (Å²) in [5.41, 5.74) is 7.22. The summed E-state index contributed by atoms with van der Waals surface area (Å²) in [5, 5.41) is 22.8. The monoisotopic (exact) mass is 481 g/mol. The molecule has 6 N–H and O–H groups in total. The van der Waals surface area contributed by atoms with Crippen LogP contribution in [-0.2, 0) is 11.7 Å². The first-order valence-electron chi connectivity index (χ1n) is 12.2. The number of hydrogen-bond acceptors (Lipinski definition) is 11. The van der Waals surface area contributed by atoms with Gasteiger partial charge in [-0.2, -0.15) is 4.98 Å². The first-order chi connectivity index (χ1) is 18.0. The van der Waals surface area contributed by atoms with E-state index in [1.807, 2.05) is 0 Å². The maximum absolute atomic E-state index is 12.6. The number of imidazole rings is 2. The van der Waals surface area contributed by atoms with Gasteiger partial charge in [-0.25, -0.2) is 15.0 Å². The van der Waals surface area contributed by atoms with Crippen molar-refractivity contribution in [1.29, 1.82) is 0 Å². The highest BCUT2D eigenvalue weighted by Gasteiger charge is 2.37. The van der Waals surface area contributed by atoms with Gasteiger partial charge in [0.25, 0.3) is 5.56 Å². The highest BCUT2D eigenvalue weighted by molar-refractivity contribution is 6.01. The van der Waals surface area contributed by atoms with Gasteiger partial charge in [-0.3, -0.25) is 24.6 Å². The van der Waals surface area contributed by atoms with Gasteiger partial charge >= 0.3 is 0 Å². The Morgan fingerprint density at radius 1 is 1.26 bits per heavy atom. The zero-order valence-corrected chi connectivity index (χ0v) is 18.3. The summed E-state index contributed by atoms with van der Waals surface area (Å²) < 4.78 is 32.7. The quantitative estimate of drug-likeness (QED) is 0.236. The summed E-state index contributed by atoms with van der Waals surface area (Å²) in [6.07, 6.45) is -1.17. The van der Waals surface area contributed by atoms with Crippen LogP contribution in [0.3, 0.4) is 0 Å². The molecule has 1 saturated heterocycles. The Labute approximate surface area is 200 Å². The van der Waals surface area contributed by atoms with E-state index in [0.717, 1.165) is 4.57 Å². The number of benzene rings is 1. The minimum atomic E-state index is -2.67. The third-order valence-corrected chi connectivity index (χ3v) is 5.92. The number of nitrogens with zero attached hydrogens (tertiary/aromatic N) is 7. The molecule has 4 aromatic heterocycles. The number of anilines is 3. The number of aliphatic hydroxyl groups excluding tert-OH is 2. The fraction of sp³-hybridized carbons (Fsp3) is 0.333. The second-order valence-corrected chi connectivity index (χ2v) is 8.25. The van der Waals surface area contributed by atoms with E-state index < -0.39 is 37.6 Å². The molecule has 0 radical (unpaired) electrons. The van der Waals surface area contributed by atoms with Crippen molar-refractivity contribution >= 4 is 51.1 Å². The SMILES string of the molecule is [2H]C([2H])([2H])n1c(Nc2nc3c(=O)[nH]c(N)nc3n2[C@H]2CC(O)[C@H](CO)O2)nc2c3nc(C)cnc3ccc21. The lowest BCUT2D eigenvalue weighted by Gasteiger charge is -2.17. The van der Waals surface area contributed by atoms with Crippen LogP contribution in [0.4, 0.5) is 17.8 Å². The molecule has 14 heteroatoms. The number of nitrogens with two attached hydrogens (primary N) is 1. The molecule has 5 heterocycles. The number of hydrogen-bond donors (Lipinski definition) is 5. The first-order valence-corrected chi connectivity index (χ1v) is 10.7. The summed E-state index contributed by atoms with van der Waals surface area (Å²) in [7, 11) is 0. The average Bonchev–Trinajstić information content (AvgIpc) is 3.51. The Bertz CT molecular complexity index is 1780. The third kappa shape index (κ3) is 3.30. The van der Waals surface area contributed by atoms with E-state index in [-0.39, 0.29) is 40.9 Å².